The molecule has 0 aromatic heterocycles. The molecule has 0 aliphatic heterocycles. The monoisotopic (exact) mass is 852 g/mol. The number of rotatable bonds is 16. The summed E-state index contributed by atoms with van der Waals surface area (Å²) in [6, 6.07) is 14.1. The van der Waals surface area contributed by atoms with Gasteiger partial charge in [-0.1, -0.05) is 62.7 Å². The van der Waals surface area contributed by atoms with Crippen LogP contribution in [0.5, 0.6) is 23.0 Å². The molecule has 0 amide bonds. The minimum absolute atomic E-state index is 0.169. The number of alkyl halides is 6. The van der Waals surface area contributed by atoms with E-state index in [1.54, 1.807) is 13.8 Å². The lowest BCUT2D eigenvalue weighted by Crippen LogP contribution is -2.54. The summed E-state index contributed by atoms with van der Waals surface area (Å²) in [7, 11) is 0. The minimum atomic E-state index is -5.95. The number of ether oxygens (including phenoxy) is 6. The Labute approximate surface area is 346 Å². The highest BCUT2D eigenvalue weighted by Gasteiger charge is 2.72. The molecule has 0 N–H and O–H groups in total. The first-order chi connectivity index (χ1) is 28.5. The van der Waals surface area contributed by atoms with Crippen molar-refractivity contribution in [2.75, 3.05) is 13.6 Å². The SMILES string of the molecule is C=C(C)C(=O)OCOc1ccc(C(=C)C(=O)Oc2ccc(C(c3ccc(OC(=O)C(=C)c4ccc(OCOC(=O)C(=C)C)cc4C)cc3)(C(F)(F)F)C(F)(F)F)cc2)c(C)c1. The topological polar surface area (TPSA) is 124 Å². The summed E-state index contributed by atoms with van der Waals surface area (Å²) in [5.41, 5.74) is -5.60. The van der Waals surface area contributed by atoms with Gasteiger partial charge in [-0.2, -0.15) is 26.3 Å². The van der Waals surface area contributed by atoms with E-state index in [1.165, 1.54) is 50.2 Å². The number of carbonyl (C=O) groups is 4. The summed E-state index contributed by atoms with van der Waals surface area (Å²) in [5, 5.41) is 0. The van der Waals surface area contributed by atoms with Crippen molar-refractivity contribution >= 4 is 35.0 Å². The maximum atomic E-state index is 14.9. The van der Waals surface area contributed by atoms with E-state index in [0.717, 1.165) is 24.3 Å². The van der Waals surface area contributed by atoms with E-state index in [1.807, 2.05) is 0 Å². The second kappa shape index (κ2) is 18.9. The molecule has 0 spiro atoms. The molecule has 0 fully saturated rings. The maximum absolute atomic E-state index is 14.9. The summed E-state index contributed by atoms with van der Waals surface area (Å²) < 4.78 is 120. The highest BCUT2D eigenvalue weighted by molar-refractivity contribution is 6.17. The molecule has 0 aliphatic rings. The number of esters is 4. The van der Waals surface area contributed by atoms with Crippen LogP contribution in [0.15, 0.2) is 122 Å². The van der Waals surface area contributed by atoms with Crippen LogP contribution in [0.3, 0.4) is 0 Å². The number of hydrogen-bond donors (Lipinski definition) is 0. The second-order valence-corrected chi connectivity index (χ2v) is 13.4. The number of benzene rings is 4. The van der Waals surface area contributed by atoms with Crippen LogP contribution in [0.1, 0.15) is 47.2 Å². The van der Waals surface area contributed by atoms with Gasteiger partial charge in [0, 0.05) is 11.1 Å². The quantitative estimate of drug-likeness (QED) is 0.0354. The molecule has 4 aromatic rings. The molecule has 16 heteroatoms. The zero-order valence-electron chi connectivity index (χ0n) is 33.2. The molecular formula is C45H38F6O10. The van der Waals surface area contributed by atoms with Gasteiger partial charge in [-0.15, -0.1) is 0 Å². The van der Waals surface area contributed by atoms with Gasteiger partial charge in [-0.05, 0) is 110 Å². The Balaban J connectivity index is 1.50. The zero-order chi connectivity index (χ0) is 45.4. The van der Waals surface area contributed by atoms with Gasteiger partial charge in [-0.3, -0.25) is 0 Å². The molecule has 10 nitrogen and oxygen atoms in total. The first kappa shape index (κ1) is 46.6. The lowest BCUT2D eigenvalue weighted by molar-refractivity contribution is -0.288. The molecule has 4 rings (SSSR count). The van der Waals surface area contributed by atoms with Gasteiger partial charge in [0.15, 0.2) is 0 Å². The van der Waals surface area contributed by atoms with E-state index in [9.17, 15) is 45.5 Å². The zero-order valence-corrected chi connectivity index (χ0v) is 33.2. The highest BCUT2D eigenvalue weighted by atomic mass is 19.4. The van der Waals surface area contributed by atoms with Crippen molar-refractivity contribution < 1.29 is 73.9 Å². The molecule has 0 bridgehead atoms. The maximum Gasteiger partial charge on any atom is 0.411 e. The highest BCUT2D eigenvalue weighted by Crippen LogP contribution is 2.56. The van der Waals surface area contributed by atoms with Gasteiger partial charge < -0.3 is 28.4 Å². The van der Waals surface area contributed by atoms with Gasteiger partial charge in [0.25, 0.3) is 0 Å². The molecule has 0 radical (unpaired) electrons. The standard InChI is InChI=1S/C45H38F6O10/c1-25(2)39(52)58-23-56-35-17-19-37(27(5)21-35)29(7)41(54)60-33-13-9-31(10-14-33)43(44(46,47)48,45(49,50)51)32-11-15-34(16-12-32)61-42(55)30(8)38-20-18-36(22-28(38)6)57-24-59-40(53)26(3)4/h9-22H,1,3,7-8,23-24H2,2,4-6H3. The van der Waals surface area contributed by atoms with Crippen LogP contribution in [-0.2, 0) is 34.1 Å². The van der Waals surface area contributed by atoms with E-state index in [-0.39, 0.29) is 56.4 Å². The van der Waals surface area contributed by atoms with Crippen LogP contribution in [0, 0.1) is 13.8 Å². The van der Waals surface area contributed by atoms with Crippen LogP contribution in [0.25, 0.3) is 11.1 Å². The van der Waals surface area contributed by atoms with Crippen LogP contribution < -0.4 is 18.9 Å². The number of carbonyl (C=O) groups excluding carboxylic acids is 4. The predicted octanol–water partition coefficient (Wildman–Crippen LogP) is 9.86. The largest absolute Gasteiger partial charge is 0.457 e. The lowest BCUT2D eigenvalue weighted by atomic mass is 9.73. The van der Waals surface area contributed by atoms with Crippen LogP contribution >= 0.6 is 0 Å². The molecule has 0 heterocycles. The van der Waals surface area contributed by atoms with Gasteiger partial charge in [0.2, 0.25) is 19.0 Å². The third-order valence-electron chi connectivity index (χ3n) is 8.91. The van der Waals surface area contributed by atoms with Crippen molar-refractivity contribution in [1.29, 1.82) is 0 Å². The van der Waals surface area contributed by atoms with E-state index in [4.69, 9.17) is 28.4 Å². The summed E-state index contributed by atoms with van der Waals surface area (Å²) in [5.74, 6) is -3.64. The Morgan fingerprint density at radius 3 is 1.08 bits per heavy atom. The van der Waals surface area contributed by atoms with Gasteiger partial charge in [0.05, 0.1) is 11.1 Å². The van der Waals surface area contributed by atoms with Crippen molar-refractivity contribution in [1.82, 2.24) is 0 Å². The normalized spacial score (nSPS) is 11.4. The molecule has 61 heavy (non-hydrogen) atoms. The fraction of sp³-hybridized carbons (Fsp3) is 0.200. The number of halogens is 6. The van der Waals surface area contributed by atoms with Crippen molar-refractivity contribution in [3.63, 3.8) is 0 Å². The Morgan fingerprint density at radius 2 is 0.803 bits per heavy atom. The predicted molar refractivity (Wildman–Crippen MR) is 210 cm³/mol. The summed E-state index contributed by atoms with van der Waals surface area (Å²) >= 11 is 0. The fourth-order valence-corrected chi connectivity index (χ4v) is 5.76. The average molecular weight is 853 g/mol. The molecule has 0 saturated carbocycles. The molecule has 0 unspecified atom stereocenters. The van der Waals surface area contributed by atoms with E-state index >= 15 is 0 Å². The third-order valence-corrected chi connectivity index (χ3v) is 8.91. The minimum Gasteiger partial charge on any atom is -0.457 e. The summed E-state index contributed by atoms with van der Waals surface area (Å²) in [4.78, 5) is 49.0. The smallest absolute Gasteiger partial charge is 0.411 e. The fourth-order valence-electron chi connectivity index (χ4n) is 5.76. The Morgan fingerprint density at radius 1 is 0.492 bits per heavy atom. The number of hydrogen-bond acceptors (Lipinski definition) is 10. The van der Waals surface area contributed by atoms with Gasteiger partial charge in [-0.25, -0.2) is 19.2 Å². The Bertz CT molecular complexity index is 2210. The van der Waals surface area contributed by atoms with E-state index in [0.29, 0.717) is 35.4 Å². The molecule has 4 aromatic carbocycles. The van der Waals surface area contributed by atoms with Crippen molar-refractivity contribution in [2.24, 2.45) is 0 Å². The van der Waals surface area contributed by atoms with Crippen LogP contribution in [0.2, 0.25) is 0 Å². The van der Waals surface area contributed by atoms with Crippen LogP contribution in [-0.4, -0.2) is 49.8 Å². The lowest BCUT2D eigenvalue weighted by Gasteiger charge is -2.38. The summed E-state index contributed by atoms with van der Waals surface area (Å²) in [6.45, 7) is 19.6. The molecular weight excluding hydrogens is 814 g/mol. The first-order valence-corrected chi connectivity index (χ1v) is 17.8. The van der Waals surface area contributed by atoms with Crippen molar-refractivity contribution in [3.05, 3.63) is 156 Å². The van der Waals surface area contributed by atoms with E-state index < -0.39 is 66.4 Å². The molecule has 0 saturated heterocycles. The molecule has 320 valence electrons. The Hall–Kier alpha value is -7.10. The van der Waals surface area contributed by atoms with Gasteiger partial charge >= 0.3 is 36.2 Å². The second-order valence-electron chi connectivity index (χ2n) is 13.4. The van der Waals surface area contributed by atoms with Crippen LogP contribution in [0.4, 0.5) is 26.3 Å². The first-order valence-electron chi connectivity index (χ1n) is 17.8. The third kappa shape index (κ3) is 10.8. The van der Waals surface area contributed by atoms with E-state index in [2.05, 4.69) is 26.3 Å². The Kier molecular flexibility index (Phi) is 14.4. The van der Waals surface area contributed by atoms with Crippen molar-refractivity contribution in [3.8, 4) is 23.0 Å². The molecule has 0 atom stereocenters. The molecule has 0 aliphatic carbocycles. The van der Waals surface area contributed by atoms with Crippen molar-refractivity contribution in [2.45, 2.75) is 45.5 Å². The number of aryl methyl sites for hydroxylation is 2. The van der Waals surface area contributed by atoms with Gasteiger partial charge in [0.1, 0.15) is 23.0 Å². The average Bonchev–Trinajstić information content (AvgIpc) is 3.17. The summed E-state index contributed by atoms with van der Waals surface area (Å²) in [6.07, 6.45) is -11.9.